The zero-order chi connectivity index (χ0) is 18.0. The second-order valence-corrected chi connectivity index (χ2v) is 6.84. The van der Waals surface area contributed by atoms with Crippen LogP contribution in [0.2, 0.25) is 0 Å². The summed E-state index contributed by atoms with van der Waals surface area (Å²) >= 11 is 0. The minimum absolute atomic E-state index is 0.0178. The first-order valence-corrected chi connectivity index (χ1v) is 8.53. The number of carbonyl (C=O) groups excluding carboxylic acids is 2. The van der Waals surface area contributed by atoms with Crippen LogP contribution >= 0.6 is 0 Å². The van der Waals surface area contributed by atoms with Crippen molar-refractivity contribution in [1.82, 2.24) is 4.31 Å². The number of methoxy groups -OCH3 is 1. The minimum atomic E-state index is -3.97. The number of furan rings is 1. The molecule has 0 fully saturated rings. The third kappa shape index (κ3) is 3.13. The Balaban J connectivity index is 2.02. The maximum absolute atomic E-state index is 12.6. The van der Waals surface area contributed by atoms with Gasteiger partial charge in [0, 0.05) is 5.56 Å². The Kier molecular flexibility index (Phi) is 4.32. The molecule has 0 aliphatic carbocycles. The van der Waals surface area contributed by atoms with Gasteiger partial charge in [0.25, 0.3) is 10.0 Å². The molecular formula is C16H13NO7S. The van der Waals surface area contributed by atoms with Crippen LogP contribution in [-0.4, -0.2) is 38.3 Å². The Bertz CT molecular complexity index is 945. The highest BCUT2D eigenvalue weighted by molar-refractivity contribution is 7.89. The summed E-state index contributed by atoms with van der Waals surface area (Å²) in [5.74, 6) is -1.60. The van der Waals surface area contributed by atoms with E-state index in [1.54, 1.807) is 6.07 Å². The molecule has 8 nitrogen and oxygen atoms in total. The summed E-state index contributed by atoms with van der Waals surface area (Å²) in [5.41, 5.74) is 0.212. The average molecular weight is 363 g/mol. The molecule has 3 rings (SSSR count). The molecule has 25 heavy (non-hydrogen) atoms. The fourth-order valence-corrected chi connectivity index (χ4v) is 3.70. The molecule has 0 unspecified atom stereocenters. The molecule has 9 heteroatoms. The molecule has 0 amide bonds. The largest absolute Gasteiger partial charge is 0.468 e. The van der Waals surface area contributed by atoms with Crippen molar-refractivity contribution >= 4 is 27.7 Å². The molecule has 0 radical (unpaired) electrons. The van der Waals surface area contributed by atoms with E-state index < -0.39 is 28.5 Å². The van der Waals surface area contributed by atoms with E-state index in [0.29, 0.717) is 0 Å². The Morgan fingerprint density at radius 2 is 1.92 bits per heavy atom. The third-order valence-corrected chi connectivity index (χ3v) is 5.20. The molecule has 1 aliphatic rings. The van der Waals surface area contributed by atoms with Gasteiger partial charge in [-0.3, -0.25) is 9.10 Å². The van der Waals surface area contributed by atoms with Crippen molar-refractivity contribution in [1.29, 1.82) is 0 Å². The van der Waals surface area contributed by atoms with E-state index in [1.165, 1.54) is 36.6 Å². The van der Waals surface area contributed by atoms with Gasteiger partial charge in [0.15, 0.2) is 5.76 Å². The first-order valence-electron chi connectivity index (χ1n) is 7.09. The van der Waals surface area contributed by atoms with Gasteiger partial charge in [-0.05, 0) is 24.3 Å². The van der Waals surface area contributed by atoms with E-state index >= 15 is 0 Å². The highest BCUT2D eigenvalue weighted by atomic mass is 32.2. The van der Waals surface area contributed by atoms with Crippen molar-refractivity contribution in [2.45, 2.75) is 4.90 Å². The van der Waals surface area contributed by atoms with Gasteiger partial charge in [0.1, 0.15) is 6.54 Å². The number of sulfonamides is 1. The lowest BCUT2D eigenvalue weighted by Crippen LogP contribution is -2.35. The summed E-state index contributed by atoms with van der Waals surface area (Å²) in [6.45, 7) is -0.547. The maximum Gasteiger partial charge on any atom is 0.379 e. The molecule has 2 aromatic rings. The third-order valence-electron chi connectivity index (χ3n) is 3.44. The first-order chi connectivity index (χ1) is 11.9. The van der Waals surface area contributed by atoms with E-state index in [-0.39, 0.29) is 22.0 Å². The molecule has 0 N–H and O–H groups in total. The Hall–Kier alpha value is -3.07. The number of hydrogen-bond acceptors (Lipinski definition) is 7. The Labute approximate surface area is 143 Å². The quantitative estimate of drug-likeness (QED) is 0.760. The summed E-state index contributed by atoms with van der Waals surface area (Å²) in [5, 5.41) is 0. The molecule has 1 aliphatic heterocycles. The molecule has 0 saturated heterocycles. The minimum Gasteiger partial charge on any atom is -0.468 e. The smallest absolute Gasteiger partial charge is 0.379 e. The lowest BCUT2D eigenvalue weighted by atomic mass is 10.2. The van der Waals surface area contributed by atoms with Gasteiger partial charge in [0.05, 0.1) is 24.5 Å². The predicted molar refractivity (Wildman–Crippen MR) is 84.5 cm³/mol. The Morgan fingerprint density at radius 1 is 1.16 bits per heavy atom. The molecule has 2 heterocycles. The molecule has 0 spiro atoms. The van der Waals surface area contributed by atoms with Gasteiger partial charge in [-0.1, -0.05) is 12.1 Å². The second kappa shape index (κ2) is 6.44. The predicted octanol–water partition coefficient (Wildman–Crippen LogP) is 1.61. The summed E-state index contributed by atoms with van der Waals surface area (Å²) < 4.78 is 40.8. The van der Waals surface area contributed by atoms with Crippen LogP contribution in [0, 0.1) is 0 Å². The van der Waals surface area contributed by atoms with Crippen LogP contribution in [0.4, 0.5) is 0 Å². The van der Waals surface area contributed by atoms with Crippen LogP contribution in [0.25, 0.3) is 5.76 Å². The molecule has 0 atom stereocenters. The number of ether oxygens (including phenoxy) is 2. The Morgan fingerprint density at radius 3 is 2.60 bits per heavy atom. The van der Waals surface area contributed by atoms with Crippen LogP contribution in [0.3, 0.4) is 0 Å². The lowest BCUT2D eigenvalue weighted by molar-refractivity contribution is -0.140. The standard InChI is InChI=1S/C16H13NO7S/c1-22-15(18)10-17-9-13(24-16(19)12-6-4-8-23-12)11-5-2-3-7-14(11)25(17,20)21/h2-9H,10H2,1H3. The van der Waals surface area contributed by atoms with Crippen molar-refractivity contribution in [3.8, 4) is 0 Å². The average Bonchev–Trinajstić information content (AvgIpc) is 3.14. The molecule has 0 saturated carbocycles. The van der Waals surface area contributed by atoms with E-state index in [1.807, 2.05) is 0 Å². The number of hydrogen-bond donors (Lipinski definition) is 0. The fourth-order valence-electron chi connectivity index (χ4n) is 2.24. The van der Waals surface area contributed by atoms with E-state index in [9.17, 15) is 18.0 Å². The topological polar surface area (TPSA) is 103 Å². The zero-order valence-electron chi connectivity index (χ0n) is 13.0. The summed E-state index contributed by atoms with van der Waals surface area (Å²) in [4.78, 5) is 23.5. The van der Waals surface area contributed by atoms with Crippen LogP contribution < -0.4 is 0 Å². The highest BCUT2D eigenvalue weighted by Gasteiger charge is 2.34. The number of benzene rings is 1. The van der Waals surface area contributed by atoms with Gasteiger partial charge < -0.3 is 13.9 Å². The van der Waals surface area contributed by atoms with Gasteiger partial charge >= 0.3 is 11.9 Å². The van der Waals surface area contributed by atoms with Gasteiger partial charge in [-0.25, -0.2) is 13.2 Å². The zero-order valence-corrected chi connectivity index (χ0v) is 13.9. The van der Waals surface area contributed by atoms with Crippen LogP contribution in [0.5, 0.6) is 0 Å². The summed E-state index contributed by atoms with van der Waals surface area (Å²) in [7, 11) is -2.82. The fraction of sp³-hybridized carbons (Fsp3) is 0.125. The van der Waals surface area contributed by atoms with Crippen molar-refractivity contribution in [2.24, 2.45) is 0 Å². The van der Waals surface area contributed by atoms with Gasteiger partial charge in [-0.15, -0.1) is 0 Å². The first kappa shape index (κ1) is 16.8. The van der Waals surface area contributed by atoms with Gasteiger partial charge in [0.2, 0.25) is 5.76 Å². The van der Waals surface area contributed by atoms with Crippen LogP contribution in [-0.2, 0) is 24.3 Å². The number of fused-ring (bicyclic) bond motifs is 1. The molecular weight excluding hydrogens is 350 g/mol. The van der Waals surface area contributed by atoms with E-state index in [0.717, 1.165) is 17.6 Å². The normalized spacial score (nSPS) is 15.1. The maximum atomic E-state index is 12.6. The van der Waals surface area contributed by atoms with E-state index in [4.69, 9.17) is 9.15 Å². The SMILES string of the molecule is COC(=O)CN1C=C(OC(=O)c2ccco2)c2ccccc2S1(=O)=O. The summed E-state index contributed by atoms with van der Waals surface area (Å²) in [6, 6.07) is 8.95. The lowest BCUT2D eigenvalue weighted by Gasteiger charge is -2.26. The highest BCUT2D eigenvalue weighted by Crippen LogP contribution is 2.33. The number of nitrogens with zero attached hydrogens (tertiary/aromatic N) is 1. The molecule has 130 valence electrons. The number of rotatable bonds is 4. The number of esters is 2. The van der Waals surface area contributed by atoms with Crippen molar-refractivity contribution in [3.63, 3.8) is 0 Å². The summed E-state index contributed by atoms with van der Waals surface area (Å²) in [6.07, 6.45) is 2.39. The van der Waals surface area contributed by atoms with E-state index in [2.05, 4.69) is 4.74 Å². The van der Waals surface area contributed by atoms with Crippen molar-refractivity contribution in [2.75, 3.05) is 13.7 Å². The van der Waals surface area contributed by atoms with Crippen molar-refractivity contribution in [3.05, 3.63) is 60.2 Å². The van der Waals surface area contributed by atoms with Crippen molar-refractivity contribution < 1.29 is 31.9 Å². The molecule has 1 aromatic carbocycles. The molecule has 1 aromatic heterocycles. The monoisotopic (exact) mass is 363 g/mol. The van der Waals surface area contributed by atoms with Crippen LogP contribution in [0.15, 0.2) is 58.2 Å². The molecule has 0 bridgehead atoms. The second-order valence-electron chi connectivity index (χ2n) is 4.98. The number of carbonyl (C=O) groups is 2. The van der Waals surface area contributed by atoms with Crippen LogP contribution in [0.1, 0.15) is 16.1 Å². The van der Waals surface area contributed by atoms with Gasteiger partial charge in [-0.2, -0.15) is 0 Å².